The fourth-order valence-corrected chi connectivity index (χ4v) is 1.18. The molecule has 6 nitrogen and oxygen atoms in total. The largest absolute Gasteiger partial charge is 0.491 e. The Bertz CT molecular complexity index is 411. The number of rotatable bonds is 4. The first-order valence-electron chi connectivity index (χ1n) is 4.06. The maximum Gasteiger partial charge on any atom is 0.300 e. The molecule has 0 aliphatic rings. The number of ether oxygens (including phenoxy) is 2. The molecule has 0 saturated heterocycles. The molecule has 0 aliphatic heterocycles. The van der Waals surface area contributed by atoms with Gasteiger partial charge in [0.15, 0.2) is 5.75 Å². The predicted molar refractivity (Wildman–Crippen MR) is 49.0 cm³/mol. The average Bonchev–Trinajstić information content (AvgIpc) is 2.26. The highest BCUT2D eigenvalue weighted by Gasteiger charge is 2.30. The van der Waals surface area contributed by atoms with E-state index >= 15 is 0 Å². The molecule has 0 unspecified atom stereocenters. The Morgan fingerprint density at radius 3 is 2.44 bits per heavy atom. The van der Waals surface area contributed by atoms with E-state index in [0.29, 0.717) is 6.20 Å². The number of hydrogen-bond donors (Lipinski definition) is 0. The monoisotopic (exact) mass is 234 g/mol. The molecule has 8 heteroatoms. The van der Waals surface area contributed by atoms with Crippen molar-refractivity contribution in [3.05, 3.63) is 21.9 Å². The molecule has 1 rings (SSSR count). The molecule has 1 aromatic rings. The summed E-state index contributed by atoms with van der Waals surface area (Å²) in [6, 6.07) is 0. The number of nitro groups is 1. The van der Waals surface area contributed by atoms with Gasteiger partial charge in [-0.1, -0.05) is 0 Å². The fraction of sp³-hybridized carbons (Fsp3) is 0.375. The summed E-state index contributed by atoms with van der Waals surface area (Å²) >= 11 is 0. The van der Waals surface area contributed by atoms with E-state index < -0.39 is 28.3 Å². The van der Waals surface area contributed by atoms with Gasteiger partial charge in [-0.3, -0.25) is 10.1 Å². The van der Waals surface area contributed by atoms with E-state index in [1.807, 2.05) is 0 Å². The van der Waals surface area contributed by atoms with Crippen LogP contribution in [0.25, 0.3) is 0 Å². The van der Waals surface area contributed by atoms with Crippen LogP contribution in [0.3, 0.4) is 0 Å². The van der Waals surface area contributed by atoms with Crippen LogP contribution in [0.4, 0.5) is 14.5 Å². The Hall–Kier alpha value is -1.99. The van der Waals surface area contributed by atoms with Crippen LogP contribution < -0.4 is 9.47 Å². The van der Waals surface area contributed by atoms with E-state index in [4.69, 9.17) is 0 Å². The zero-order valence-electron chi connectivity index (χ0n) is 8.44. The SMILES string of the molecule is COc1ncc([N+](=O)[O-])c(C(F)F)c1OC. The summed E-state index contributed by atoms with van der Waals surface area (Å²) in [6.45, 7) is 0. The molecule has 0 N–H and O–H groups in total. The number of pyridine rings is 1. The molecule has 0 fully saturated rings. The molecule has 0 radical (unpaired) electrons. The zero-order valence-corrected chi connectivity index (χ0v) is 8.44. The Labute approximate surface area is 89.0 Å². The molecule has 0 aromatic carbocycles. The summed E-state index contributed by atoms with van der Waals surface area (Å²) in [5.74, 6) is -0.643. The Balaban J connectivity index is 3.50. The van der Waals surface area contributed by atoms with E-state index in [1.165, 1.54) is 7.11 Å². The number of methoxy groups -OCH3 is 2. The topological polar surface area (TPSA) is 74.5 Å². The molecule has 0 amide bonds. The van der Waals surface area contributed by atoms with Gasteiger partial charge in [0.25, 0.3) is 12.3 Å². The van der Waals surface area contributed by atoms with Gasteiger partial charge in [0.05, 0.1) is 19.1 Å². The van der Waals surface area contributed by atoms with Crippen LogP contribution in [0.15, 0.2) is 6.20 Å². The lowest BCUT2D eigenvalue weighted by molar-refractivity contribution is -0.386. The fourth-order valence-electron chi connectivity index (χ4n) is 1.18. The highest BCUT2D eigenvalue weighted by atomic mass is 19.3. The summed E-state index contributed by atoms with van der Waals surface area (Å²) in [6.07, 6.45) is -2.34. The Morgan fingerprint density at radius 2 is 2.06 bits per heavy atom. The predicted octanol–water partition coefficient (Wildman–Crippen LogP) is 1.94. The number of hydrogen-bond acceptors (Lipinski definition) is 5. The van der Waals surface area contributed by atoms with Gasteiger partial charge in [0.2, 0.25) is 0 Å². The summed E-state index contributed by atoms with van der Waals surface area (Å²) in [7, 11) is 2.31. The van der Waals surface area contributed by atoms with Crippen molar-refractivity contribution in [1.29, 1.82) is 0 Å². The average molecular weight is 234 g/mol. The minimum absolute atomic E-state index is 0.219. The van der Waals surface area contributed by atoms with Crippen molar-refractivity contribution >= 4 is 5.69 Å². The molecule has 1 heterocycles. The van der Waals surface area contributed by atoms with Crippen molar-refractivity contribution < 1.29 is 23.2 Å². The van der Waals surface area contributed by atoms with Gasteiger partial charge < -0.3 is 9.47 Å². The molecular formula is C8H8F2N2O4. The number of alkyl halides is 2. The summed E-state index contributed by atoms with van der Waals surface area (Å²) in [5, 5.41) is 10.5. The van der Waals surface area contributed by atoms with Crippen molar-refractivity contribution in [3.8, 4) is 11.6 Å². The third kappa shape index (κ3) is 2.00. The van der Waals surface area contributed by atoms with E-state index in [0.717, 1.165) is 7.11 Å². The third-order valence-corrected chi connectivity index (χ3v) is 1.83. The smallest absolute Gasteiger partial charge is 0.300 e. The van der Waals surface area contributed by atoms with Gasteiger partial charge in [-0.05, 0) is 0 Å². The summed E-state index contributed by atoms with van der Waals surface area (Å²) in [5.41, 5.74) is -1.63. The number of aromatic nitrogens is 1. The van der Waals surface area contributed by atoms with Gasteiger partial charge in [0, 0.05) is 0 Å². The quantitative estimate of drug-likeness (QED) is 0.587. The molecule has 0 aliphatic carbocycles. The molecule has 88 valence electrons. The number of halogens is 2. The van der Waals surface area contributed by atoms with Crippen molar-refractivity contribution in [2.24, 2.45) is 0 Å². The lowest BCUT2D eigenvalue weighted by atomic mass is 10.2. The maximum absolute atomic E-state index is 12.7. The van der Waals surface area contributed by atoms with Crippen LogP contribution in [0, 0.1) is 10.1 Å². The molecule has 1 aromatic heterocycles. The molecule has 0 bridgehead atoms. The van der Waals surface area contributed by atoms with E-state index in [9.17, 15) is 18.9 Å². The normalized spacial score (nSPS) is 10.3. The van der Waals surface area contributed by atoms with Gasteiger partial charge in [-0.2, -0.15) is 0 Å². The van der Waals surface area contributed by atoms with Gasteiger partial charge >= 0.3 is 5.69 Å². The Morgan fingerprint density at radius 1 is 1.44 bits per heavy atom. The lowest BCUT2D eigenvalue weighted by Gasteiger charge is -2.10. The molecule has 0 spiro atoms. The van der Waals surface area contributed by atoms with Crippen LogP contribution in [0.5, 0.6) is 11.6 Å². The van der Waals surface area contributed by atoms with E-state index in [2.05, 4.69) is 14.5 Å². The van der Waals surface area contributed by atoms with Crippen molar-refractivity contribution in [1.82, 2.24) is 4.98 Å². The lowest BCUT2D eigenvalue weighted by Crippen LogP contribution is -2.03. The molecule has 16 heavy (non-hydrogen) atoms. The first-order valence-corrected chi connectivity index (χ1v) is 4.06. The first kappa shape index (κ1) is 12.1. The molecule has 0 saturated carbocycles. The zero-order chi connectivity index (χ0) is 12.3. The second kappa shape index (κ2) is 4.69. The van der Waals surface area contributed by atoms with Crippen LogP contribution in [-0.2, 0) is 0 Å². The second-order valence-electron chi connectivity index (χ2n) is 2.66. The van der Waals surface area contributed by atoms with Crippen LogP contribution in [0.2, 0.25) is 0 Å². The maximum atomic E-state index is 12.7. The molecular weight excluding hydrogens is 226 g/mol. The van der Waals surface area contributed by atoms with Crippen LogP contribution in [0.1, 0.15) is 12.0 Å². The summed E-state index contributed by atoms with van der Waals surface area (Å²) in [4.78, 5) is 13.1. The minimum Gasteiger partial charge on any atom is -0.491 e. The van der Waals surface area contributed by atoms with E-state index in [1.54, 1.807) is 0 Å². The summed E-state index contributed by atoms with van der Waals surface area (Å²) < 4.78 is 34.7. The Kier molecular flexibility index (Phi) is 3.54. The van der Waals surface area contributed by atoms with E-state index in [-0.39, 0.29) is 5.88 Å². The van der Waals surface area contributed by atoms with Crippen molar-refractivity contribution in [3.63, 3.8) is 0 Å². The highest BCUT2D eigenvalue weighted by Crippen LogP contribution is 2.40. The standard InChI is InChI=1S/C8H8F2N2O4/c1-15-6-5(7(9)10)4(12(13)14)3-11-8(6)16-2/h3,7H,1-2H3. The van der Waals surface area contributed by atoms with Gasteiger partial charge in [-0.25, -0.2) is 13.8 Å². The molecule has 0 atom stereocenters. The first-order chi connectivity index (χ1) is 7.52. The second-order valence-corrected chi connectivity index (χ2v) is 2.66. The van der Waals surface area contributed by atoms with Crippen LogP contribution >= 0.6 is 0 Å². The third-order valence-electron chi connectivity index (χ3n) is 1.83. The highest BCUT2D eigenvalue weighted by molar-refractivity contribution is 5.53. The van der Waals surface area contributed by atoms with Gasteiger partial charge in [0.1, 0.15) is 11.8 Å². The number of nitrogens with zero attached hydrogens (tertiary/aromatic N) is 2. The van der Waals surface area contributed by atoms with Crippen molar-refractivity contribution in [2.45, 2.75) is 6.43 Å². The minimum atomic E-state index is -3.05. The van der Waals surface area contributed by atoms with Crippen LogP contribution in [-0.4, -0.2) is 24.1 Å². The van der Waals surface area contributed by atoms with Crippen molar-refractivity contribution in [2.75, 3.05) is 14.2 Å². The van der Waals surface area contributed by atoms with Gasteiger partial charge in [-0.15, -0.1) is 0 Å².